The summed E-state index contributed by atoms with van der Waals surface area (Å²) in [5.41, 5.74) is 0. The van der Waals surface area contributed by atoms with Gasteiger partial charge in [0.05, 0.1) is 18.1 Å². The second-order valence-electron chi connectivity index (χ2n) is 3.38. The maximum atomic E-state index is 10.6. The highest BCUT2D eigenvalue weighted by Gasteiger charge is 2.33. The Kier molecular flexibility index (Phi) is 6.59. The molecular formula is C9H17N2O4PS2. The number of rotatable bonds is 6. The molecule has 0 atom stereocenters. The predicted octanol–water partition coefficient (Wildman–Crippen LogP) is 2.80. The third-order valence-corrected chi connectivity index (χ3v) is 6.76. The fourth-order valence-electron chi connectivity index (χ4n) is 1.52. The highest BCUT2D eigenvalue weighted by molar-refractivity contribution is 8.10. The van der Waals surface area contributed by atoms with E-state index in [1.807, 2.05) is 13.8 Å². The first-order valence-corrected chi connectivity index (χ1v) is 9.26. The third kappa shape index (κ3) is 4.20. The summed E-state index contributed by atoms with van der Waals surface area (Å²) in [7, 11) is 0. The third-order valence-electron chi connectivity index (χ3n) is 2.11. The molecule has 0 unspecified atom stereocenters. The minimum absolute atomic E-state index is 0.435. The summed E-state index contributed by atoms with van der Waals surface area (Å²) in [6.07, 6.45) is 1.90. The standard InChI is InChI=1S/C9H17N2O4PS2/c1-3-14-16(17,15-4-2)10-6-5-7-18-9(10)8-11(12)13/h8H,3-7H2,1-2H3. The highest BCUT2D eigenvalue weighted by atomic mass is 32.5. The number of nitro groups is 1. The van der Waals surface area contributed by atoms with E-state index in [1.54, 1.807) is 4.67 Å². The van der Waals surface area contributed by atoms with Crippen molar-refractivity contribution < 1.29 is 14.0 Å². The molecule has 1 fully saturated rings. The number of thioether (sulfide) groups is 1. The van der Waals surface area contributed by atoms with Gasteiger partial charge in [0, 0.05) is 12.3 Å². The van der Waals surface area contributed by atoms with Crippen LogP contribution in [0.1, 0.15) is 20.3 Å². The zero-order valence-electron chi connectivity index (χ0n) is 10.4. The first-order chi connectivity index (χ1) is 8.53. The van der Waals surface area contributed by atoms with Crippen LogP contribution in [0.3, 0.4) is 0 Å². The summed E-state index contributed by atoms with van der Waals surface area (Å²) in [5.74, 6) is 0.851. The summed E-state index contributed by atoms with van der Waals surface area (Å²) < 4.78 is 12.9. The normalized spacial score (nSPS) is 19.2. The molecular weight excluding hydrogens is 295 g/mol. The van der Waals surface area contributed by atoms with E-state index in [1.165, 1.54) is 11.8 Å². The zero-order chi connectivity index (χ0) is 13.6. The lowest BCUT2D eigenvalue weighted by Crippen LogP contribution is -2.27. The molecule has 0 N–H and O–H groups in total. The highest BCUT2D eigenvalue weighted by Crippen LogP contribution is 2.57. The van der Waals surface area contributed by atoms with Crippen LogP contribution in [0, 0.1) is 10.1 Å². The quantitative estimate of drug-likeness (QED) is 0.424. The van der Waals surface area contributed by atoms with Crippen molar-refractivity contribution in [1.82, 2.24) is 4.67 Å². The van der Waals surface area contributed by atoms with Gasteiger partial charge in [0.15, 0.2) is 0 Å². The minimum Gasteiger partial charge on any atom is -0.314 e. The van der Waals surface area contributed by atoms with Gasteiger partial charge in [-0.15, -0.1) is 11.8 Å². The molecule has 0 amide bonds. The van der Waals surface area contributed by atoms with Crippen molar-refractivity contribution >= 4 is 30.2 Å². The Hall–Kier alpha value is -0.140. The number of hydrogen-bond acceptors (Lipinski definition) is 6. The lowest BCUT2D eigenvalue weighted by Gasteiger charge is -2.37. The number of hydrogen-bond donors (Lipinski definition) is 0. The topological polar surface area (TPSA) is 64.8 Å². The van der Waals surface area contributed by atoms with Crippen LogP contribution in [0.25, 0.3) is 0 Å². The van der Waals surface area contributed by atoms with Crippen LogP contribution in [0.2, 0.25) is 0 Å². The molecule has 1 rings (SSSR count). The van der Waals surface area contributed by atoms with Crippen molar-refractivity contribution in [1.29, 1.82) is 0 Å². The van der Waals surface area contributed by atoms with E-state index < -0.39 is 11.6 Å². The zero-order valence-corrected chi connectivity index (χ0v) is 12.9. The van der Waals surface area contributed by atoms with Gasteiger partial charge in [-0.1, -0.05) is 0 Å². The molecule has 18 heavy (non-hydrogen) atoms. The first kappa shape index (κ1) is 15.9. The van der Waals surface area contributed by atoms with Crippen molar-refractivity contribution in [3.8, 4) is 0 Å². The smallest absolute Gasteiger partial charge is 0.290 e. The van der Waals surface area contributed by atoms with Gasteiger partial charge in [-0.05, 0) is 32.1 Å². The Balaban J connectivity index is 2.99. The average Bonchev–Trinajstić information content (AvgIpc) is 2.29. The van der Waals surface area contributed by atoms with Gasteiger partial charge >= 0.3 is 0 Å². The van der Waals surface area contributed by atoms with Gasteiger partial charge in [0.1, 0.15) is 5.03 Å². The summed E-state index contributed by atoms with van der Waals surface area (Å²) in [4.78, 5) is 10.2. The average molecular weight is 312 g/mol. The summed E-state index contributed by atoms with van der Waals surface area (Å²) >= 11 is 6.89. The molecule has 0 aromatic carbocycles. The van der Waals surface area contributed by atoms with Crippen LogP contribution in [0.5, 0.6) is 0 Å². The van der Waals surface area contributed by atoms with Gasteiger partial charge in [-0.2, -0.15) is 0 Å². The summed E-state index contributed by atoms with van der Waals surface area (Å²) in [6.45, 7) is 2.56. The van der Waals surface area contributed by atoms with E-state index in [0.29, 0.717) is 24.8 Å². The van der Waals surface area contributed by atoms with E-state index in [-0.39, 0.29) is 0 Å². The molecule has 0 saturated carbocycles. The van der Waals surface area contributed by atoms with Crippen molar-refractivity contribution in [3.63, 3.8) is 0 Å². The fraction of sp³-hybridized carbons (Fsp3) is 0.778. The molecule has 9 heteroatoms. The molecule has 104 valence electrons. The van der Waals surface area contributed by atoms with Gasteiger partial charge in [-0.25, -0.2) is 0 Å². The lowest BCUT2D eigenvalue weighted by molar-refractivity contribution is -0.403. The van der Waals surface area contributed by atoms with Crippen LogP contribution in [-0.2, 0) is 20.9 Å². The maximum absolute atomic E-state index is 10.6. The maximum Gasteiger partial charge on any atom is 0.290 e. The Morgan fingerprint density at radius 1 is 1.56 bits per heavy atom. The first-order valence-electron chi connectivity index (χ1n) is 5.68. The molecule has 0 radical (unpaired) electrons. The summed E-state index contributed by atoms with van der Waals surface area (Å²) in [5, 5.41) is 11.2. The molecule has 1 saturated heterocycles. The number of nitrogens with zero attached hydrogens (tertiary/aromatic N) is 2. The minimum atomic E-state index is -2.63. The molecule has 0 aliphatic carbocycles. The van der Waals surface area contributed by atoms with Crippen LogP contribution < -0.4 is 0 Å². The Labute approximate surface area is 116 Å². The monoisotopic (exact) mass is 312 g/mol. The van der Waals surface area contributed by atoms with Gasteiger partial charge in [-0.3, -0.25) is 14.8 Å². The molecule has 6 nitrogen and oxygen atoms in total. The Morgan fingerprint density at radius 2 is 2.17 bits per heavy atom. The molecule has 1 heterocycles. The lowest BCUT2D eigenvalue weighted by atomic mass is 10.5. The van der Waals surface area contributed by atoms with Gasteiger partial charge in [0.25, 0.3) is 12.8 Å². The van der Waals surface area contributed by atoms with Crippen LogP contribution >= 0.6 is 18.4 Å². The van der Waals surface area contributed by atoms with Crippen molar-refractivity contribution in [3.05, 3.63) is 21.3 Å². The van der Waals surface area contributed by atoms with E-state index in [0.717, 1.165) is 18.4 Å². The van der Waals surface area contributed by atoms with Crippen molar-refractivity contribution in [2.75, 3.05) is 25.5 Å². The van der Waals surface area contributed by atoms with Crippen LogP contribution in [0.4, 0.5) is 0 Å². The van der Waals surface area contributed by atoms with Crippen molar-refractivity contribution in [2.24, 2.45) is 0 Å². The Morgan fingerprint density at radius 3 is 2.67 bits per heavy atom. The Bertz CT molecular complexity index is 368. The van der Waals surface area contributed by atoms with E-state index in [2.05, 4.69) is 0 Å². The molecule has 0 bridgehead atoms. The van der Waals surface area contributed by atoms with Crippen LogP contribution in [0.15, 0.2) is 11.2 Å². The van der Waals surface area contributed by atoms with E-state index in [4.69, 9.17) is 20.9 Å². The molecule has 0 aromatic rings. The van der Waals surface area contributed by atoms with Gasteiger partial charge in [0.2, 0.25) is 0 Å². The summed E-state index contributed by atoms with van der Waals surface area (Å²) in [6, 6.07) is 0. The van der Waals surface area contributed by atoms with E-state index in [9.17, 15) is 10.1 Å². The second kappa shape index (κ2) is 7.45. The molecule has 0 aromatic heterocycles. The second-order valence-corrected chi connectivity index (χ2v) is 7.82. The molecule has 1 aliphatic rings. The predicted molar refractivity (Wildman–Crippen MR) is 76.4 cm³/mol. The fourth-order valence-corrected chi connectivity index (χ4v) is 5.88. The molecule has 0 spiro atoms. The largest absolute Gasteiger partial charge is 0.314 e. The SMILES string of the molecule is CCOP(=S)(OCC)N1CCCSC1=C[N+](=O)[O-]. The van der Waals surface area contributed by atoms with Gasteiger partial charge < -0.3 is 9.05 Å². The van der Waals surface area contributed by atoms with Crippen molar-refractivity contribution in [2.45, 2.75) is 20.3 Å². The molecule has 1 aliphatic heterocycles. The van der Waals surface area contributed by atoms with E-state index >= 15 is 0 Å². The van der Waals surface area contributed by atoms with Crippen LogP contribution in [-0.4, -0.2) is 35.1 Å².